The molecule has 4 aromatic heterocycles. The standard InChI is InChI=1S/C48H30N2OS/c1-6-18-39-31(12-1)32-13-2-7-19-40(32)49(39)43-22-11-17-36-37-26-29(24-25-45(37)51-47(36)43)30-27-38-35-16-5-10-23-46(35)52-48(38)44(28-30)50-41-20-8-3-14-33(41)34-15-4-9-21-42(34)50/h1-26,28,30H,27H2. The second kappa shape index (κ2) is 10.6. The average Bonchev–Trinajstić information content (AvgIpc) is 3.95. The van der Waals surface area contributed by atoms with Crippen LogP contribution < -0.4 is 0 Å². The van der Waals surface area contributed by atoms with Crippen LogP contribution in [-0.2, 0) is 6.42 Å². The lowest BCUT2D eigenvalue weighted by molar-refractivity contribution is 0.666. The SMILES string of the molecule is C1=C(n2c3ccccc3c3ccccc32)c2sc3ccccc3c2CC1c1ccc2oc3c(-n4c5ccccc5c5ccccc54)cccc3c2c1. The van der Waals surface area contributed by atoms with Gasteiger partial charge < -0.3 is 13.6 Å². The molecule has 0 bridgehead atoms. The molecule has 1 aliphatic carbocycles. The fraction of sp³-hybridized carbons (Fsp3) is 0.0417. The van der Waals surface area contributed by atoms with E-state index < -0.39 is 0 Å². The van der Waals surface area contributed by atoms with E-state index in [4.69, 9.17) is 4.42 Å². The third-order valence-electron chi connectivity index (χ3n) is 11.3. The van der Waals surface area contributed by atoms with E-state index in [9.17, 15) is 0 Å². The zero-order chi connectivity index (χ0) is 33.9. The van der Waals surface area contributed by atoms with Crippen LogP contribution >= 0.6 is 11.3 Å². The van der Waals surface area contributed by atoms with Gasteiger partial charge in [0.1, 0.15) is 5.58 Å². The number of nitrogens with zero attached hydrogens (tertiary/aromatic N) is 2. The largest absolute Gasteiger partial charge is 0.454 e. The number of fused-ring (bicyclic) bond motifs is 12. The van der Waals surface area contributed by atoms with Crippen molar-refractivity contribution >= 4 is 92.7 Å². The number of aromatic nitrogens is 2. The Kier molecular flexibility index (Phi) is 5.77. The van der Waals surface area contributed by atoms with E-state index in [0.717, 1.165) is 34.0 Å². The lowest BCUT2D eigenvalue weighted by Crippen LogP contribution is -2.11. The summed E-state index contributed by atoms with van der Waals surface area (Å²) < 4.78 is 13.0. The molecule has 12 rings (SSSR count). The third-order valence-corrected chi connectivity index (χ3v) is 12.5. The van der Waals surface area contributed by atoms with E-state index in [1.54, 1.807) is 0 Å². The van der Waals surface area contributed by atoms with E-state index in [-0.39, 0.29) is 5.92 Å². The molecule has 244 valence electrons. The van der Waals surface area contributed by atoms with Gasteiger partial charge >= 0.3 is 0 Å². The monoisotopic (exact) mass is 682 g/mol. The molecule has 52 heavy (non-hydrogen) atoms. The predicted octanol–water partition coefficient (Wildman–Crippen LogP) is 13.2. The zero-order valence-electron chi connectivity index (χ0n) is 28.1. The molecule has 0 aliphatic heterocycles. The van der Waals surface area contributed by atoms with Gasteiger partial charge in [-0.3, -0.25) is 0 Å². The smallest absolute Gasteiger partial charge is 0.159 e. The molecular formula is C48H30N2OS. The molecule has 4 heteroatoms. The van der Waals surface area contributed by atoms with Crippen LogP contribution in [-0.4, -0.2) is 9.13 Å². The van der Waals surface area contributed by atoms with Gasteiger partial charge in [-0.25, -0.2) is 0 Å². The predicted molar refractivity (Wildman–Crippen MR) is 219 cm³/mol. The van der Waals surface area contributed by atoms with Gasteiger partial charge in [0, 0.05) is 42.9 Å². The molecule has 11 aromatic rings. The number of thiophene rings is 1. The van der Waals surface area contributed by atoms with Gasteiger partial charge in [0.25, 0.3) is 0 Å². The maximum Gasteiger partial charge on any atom is 0.159 e. The maximum atomic E-state index is 6.79. The maximum absolute atomic E-state index is 6.79. The van der Waals surface area contributed by atoms with E-state index in [1.165, 1.54) is 75.4 Å². The first-order valence-electron chi connectivity index (χ1n) is 17.9. The molecule has 1 unspecified atom stereocenters. The van der Waals surface area contributed by atoms with Crippen molar-refractivity contribution in [3.63, 3.8) is 0 Å². The summed E-state index contributed by atoms with van der Waals surface area (Å²) in [6.45, 7) is 0. The molecule has 1 atom stereocenters. The highest BCUT2D eigenvalue weighted by Crippen LogP contribution is 2.47. The fourth-order valence-corrected chi connectivity index (χ4v) is 10.3. The van der Waals surface area contributed by atoms with Crippen molar-refractivity contribution in [1.82, 2.24) is 9.13 Å². The Hall–Kier alpha value is -6.36. The highest BCUT2D eigenvalue weighted by Gasteiger charge is 2.28. The number of hydrogen-bond acceptors (Lipinski definition) is 2. The molecular weight excluding hydrogens is 653 g/mol. The van der Waals surface area contributed by atoms with Crippen molar-refractivity contribution < 1.29 is 4.42 Å². The summed E-state index contributed by atoms with van der Waals surface area (Å²) in [5.41, 5.74) is 11.8. The zero-order valence-corrected chi connectivity index (χ0v) is 28.9. The highest BCUT2D eigenvalue weighted by atomic mass is 32.1. The Morgan fingerprint density at radius 2 is 1.06 bits per heavy atom. The number of furan rings is 1. The molecule has 0 saturated heterocycles. The van der Waals surface area contributed by atoms with Crippen LogP contribution in [0.5, 0.6) is 0 Å². The van der Waals surface area contributed by atoms with E-state index >= 15 is 0 Å². The minimum Gasteiger partial charge on any atom is -0.454 e. The Bertz CT molecular complexity index is 3190. The van der Waals surface area contributed by atoms with Crippen molar-refractivity contribution in [2.45, 2.75) is 12.3 Å². The van der Waals surface area contributed by atoms with Gasteiger partial charge in [-0.2, -0.15) is 0 Å². The highest BCUT2D eigenvalue weighted by molar-refractivity contribution is 7.20. The van der Waals surface area contributed by atoms with Crippen LogP contribution in [0.1, 0.15) is 21.9 Å². The van der Waals surface area contributed by atoms with Gasteiger partial charge in [0.15, 0.2) is 5.58 Å². The number of hydrogen-bond donors (Lipinski definition) is 0. The molecule has 7 aromatic carbocycles. The molecule has 0 saturated carbocycles. The summed E-state index contributed by atoms with van der Waals surface area (Å²) in [6, 6.07) is 57.4. The lowest BCUT2D eigenvalue weighted by Gasteiger charge is -2.24. The summed E-state index contributed by atoms with van der Waals surface area (Å²) in [5.74, 6) is 0.190. The Balaban J connectivity index is 1.08. The fourth-order valence-electron chi connectivity index (χ4n) is 9.02. The number of benzene rings is 7. The summed E-state index contributed by atoms with van der Waals surface area (Å²) in [5, 5.41) is 8.73. The molecule has 3 nitrogen and oxygen atoms in total. The summed E-state index contributed by atoms with van der Waals surface area (Å²) >= 11 is 1.92. The third kappa shape index (κ3) is 3.85. The minimum absolute atomic E-state index is 0.190. The van der Waals surface area contributed by atoms with Crippen molar-refractivity contribution in [1.29, 1.82) is 0 Å². The lowest BCUT2D eigenvalue weighted by atomic mass is 9.85. The quantitative estimate of drug-likeness (QED) is 0.182. The van der Waals surface area contributed by atoms with Gasteiger partial charge in [-0.1, -0.05) is 115 Å². The molecule has 0 fully saturated rings. The van der Waals surface area contributed by atoms with Crippen LogP contribution in [0.3, 0.4) is 0 Å². The van der Waals surface area contributed by atoms with Gasteiger partial charge in [0.2, 0.25) is 0 Å². The minimum atomic E-state index is 0.190. The number of allylic oxidation sites excluding steroid dienone is 1. The first-order valence-corrected chi connectivity index (χ1v) is 18.8. The summed E-state index contributed by atoms with van der Waals surface area (Å²) in [7, 11) is 0. The van der Waals surface area contributed by atoms with Crippen molar-refractivity contribution in [3.8, 4) is 5.69 Å². The molecule has 0 amide bonds. The summed E-state index contributed by atoms with van der Waals surface area (Å²) in [6.07, 6.45) is 3.48. The van der Waals surface area contributed by atoms with Crippen LogP contribution in [0.25, 0.3) is 87.0 Å². The topological polar surface area (TPSA) is 23.0 Å². The first-order chi connectivity index (χ1) is 25.8. The van der Waals surface area contributed by atoms with E-state index in [1.807, 2.05) is 11.3 Å². The first kappa shape index (κ1) is 28.3. The summed E-state index contributed by atoms with van der Waals surface area (Å²) in [4.78, 5) is 1.37. The molecule has 0 radical (unpaired) electrons. The molecule has 0 N–H and O–H groups in total. The molecule has 1 aliphatic rings. The Morgan fingerprint density at radius 1 is 0.500 bits per heavy atom. The second-order valence-corrected chi connectivity index (χ2v) is 15.1. The van der Waals surface area contributed by atoms with E-state index in [0.29, 0.717) is 0 Å². The van der Waals surface area contributed by atoms with Crippen molar-refractivity contribution in [2.75, 3.05) is 0 Å². The second-order valence-electron chi connectivity index (χ2n) is 14.0. The average molecular weight is 683 g/mol. The molecule has 4 heterocycles. The van der Waals surface area contributed by atoms with Crippen molar-refractivity contribution in [3.05, 3.63) is 180 Å². The van der Waals surface area contributed by atoms with Crippen LogP contribution in [0.4, 0.5) is 0 Å². The normalized spacial score (nSPS) is 14.8. The van der Waals surface area contributed by atoms with Crippen LogP contribution in [0.2, 0.25) is 0 Å². The molecule has 0 spiro atoms. The van der Waals surface area contributed by atoms with Crippen molar-refractivity contribution in [2.24, 2.45) is 0 Å². The number of para-hydroxylation sites is 5. The van der Waals surface area contributed by atoms with Gasteiger partial charge in [-0.05, 0) is 71.5 Å². The van der Waals surface area contributed by atoms with Gasteiger partial charge in [-0.15, -0.1) is 11.3 Å². The van der Waals surface area contributed by atoms with Gasteiger partial charge in [0.05, 0.1) is 38.3 Å². The van der Waals surface area contributed by atoms with Crippen LogP contribution in [0, 0.1) is 0 Å². The number of rotatable bonds is 3. The van der Waals surface area contributed by atoms with Crippen LogP contribution in [0.15, 0.2) is 168 Å². The van der Waals surface area contributed by atoms with E-state index in [2.05, 4.69) is 173 Å². The Morgan fingerprint density at radius 3 is 1.71 bits per heavy atom. The Labute approximate surface area is 302 Å².